The van der Waals surface area contributed by atoms with Gasteiger partial charge in [0, 0.05) is 11.8 Å². The highest BCUT2D eigenvalue weighted by Gasteiger charge is 2.18. The third kappa shape index (κ3) is 2.63. The summed E-state index contributed by atoms with van der Waals surface area (Å²) in [4.78, 5) is 15.9. The molecule has 2 aromatic heterocycles. The van der Waals surface area contributed by atoms with Crippen LogP contribution in [0.15, 0.2) is 66.9 Å². The van der Waals surface area contributed by atoms with Crippen LogP contribution in [0.2, 0.25) is 0 Å². The summed E-state index contributed by atoms with van der Waals surface area (Å²) < 4.78 is 15.4. The third-order valence-corrected chi connectivity index (χ3v) is 3.89. The van der Waals surface area contributed by atoms with E-state index < -0.39 is 11.8 Å². The molecule has 25 heavy (non-hydrogen) atoms. The predicted octanol–water partition coefficient (Wildman–Crippen LogP) is 3.90. The maximum atomic E-state index is 14.0. The summed E-state index contributed by atoms with van der Waals surface area (Å²) in [6.45, 7) is 0. The van der Waals surface area contributed by atoms with Crippen molar-refractivity contribution in [3.8, 4) is 22.5 Å². The summed E-state index contributed by atoms with van der Waals surface area (Å²) in [5.41, 5.74) is 1.95. The maximum Gasteiger partial charge on any atom is 0.339 e. The number of hydrogen-bond acceptors (Lipinski definition) is 3. The second-order valence-corrected chi connectivity index (χ2v) is 5.50. The summed E-state index contributed by atoms with van der Waals surface area (Å²) in [5.74, 6) is -1.43. The van der Waals surface area contributed by atoms with Crippen molar-refractivity contribution in [3.63, 3.8) is 0 Å². The largest absolute Gasteiger partial charge is 0.478 e. The molecule has 0 unspecified atom stereocenters. The molecule has 0 aliphatic rings. The lowest BCUT2D eigenvalue weighted by molar-refractivity contribution is 0.0698. The summed E-state index contributed by atoms with van der Waals surface area (Å²) in [5, 5.41) is 13.8. The van der Waals surface area contributed by atoms with Gasteiger partial charge >= 0.3 is 5.97 Å². The highest BCUT2D eigenvalue weighted by molar-refractivity contribution is 5.96. The van der Waals surface area contributed by atoms with Gasteiger partial charge in [-0.25, -0.2) is 18.7 Å². The Bertz CT molecular complexity index is 1090. The molecule has 0 atom stereocenters. The van der Waals surface area contributed by atoms with Crippen molar-refractivity contribution >= 4 is 11.6 Å². The van der Waals surface area contributed by atoms with E-state index in [1.165, 1.54) is 10.6 Å². The molecule has 1 N–H and O–H groups in total. The number of pyridine rings is 1. The van der Waals surface area contributed by atoms with Crippen molar-refractivity contribution in [1.82, 2.24) is 14.6 Å². The molecule has 2 heterocycles. The standard InChI is InChI=1S/C19H12FN3O2/c20-16-9-5-4-8-14(16)17-21-18-15(19(24)25)10-13(11-23(18)22-17)12-6-2-1-3-7-12/h1-11H,(H,24,25). The SMILES string of the molecule is O=C(O)c1cc(-c2ccccc2)cn2nc(-c3ccccc3F)nc12. The van der Waals surface area contributed by atoms with Crippen LogP contribution >= 0.6 is 0 Å². The number of rotatable bonds is 3. The minimum absolute atomic E-state index is 0.0106. The van der Waals surface area contributed by atoms with Gasteiger partial charge in [-0.2, -0.15) is 0 Å². The Hall–Kier alpha value is -3.54. The van der Waals surface area contributed by atoms with Crippen molar-refractivity contribution in [2.75, 3.05) is 0 Å². The molecule has 0 aliphatic carbocycles. The molecule has 0 saturated carbocycles. The van der Waals surface area contributed by atoms with E-state index in [0.717, 1.165) is 5.56 Å². The van der Waals surface area contributed by atoms with Crippen molar-refractivity contribution in [1.29, 1.82) is 0 Å². The van der Waals surface area contributed by atoms with Crippen molar-refractivity contribution in [2.45, 2.75) is 0 Å². The fourth-order valence-electron chi connectivity index (χ4n) is 2.69. The lowest BCUT2D eigenvalue weighted by Gasteiger charge is -2.04. The van der Waals surface area contributed by atoms with Crippen LogP contribution in [0.4, 0.5) is 4.39 Å². The van der Waals surface area contributed by atoms with Crippen LogP contribution in [0.1, 0.15) is 10.4 Å². The Kier molecular flexibility index (Phi) is 3.50. The maximum absolute atomic E-state index is 14.0. The van der Waals surface area contributed by atoms with Gasteiger partial charge in [0.05, 0.1) is 5.56 Å². The van der Waals surface area contributed by atoms with Crippen LogP contribution in [0, 0.1) is 5.82 Å². The van der Waals surface area contributed by atoms with Gasteiger partial charge in [0.25, 0.3) is 0 Å². The zero-order chi connectivity index (χ0) is 17.4. The fraction of sp³-hybridized carbons (Fsp3) is 0. The number of halogens is 1. The first-order valence-corrected chi connectivity index (χ1v) is 7.57. The van der Waals surface area contributed by atoms with Crippen LogP contribution in [-0.4, -0.2) is 25.7 Å². The first-order chi connectivity index (χ1) is 12.1. The number of carbonyl (C=O) groups is 1. The molecule has 122 valence electrons. The van der Waals surface area contributed by atoms with Crippen molar-refractivity contribution in [2.24, 2.45) is 0 Å². The molecule has 0 saturated heterocycles. The van der Waals surface area contributed by atoms with E-state index in [9.17, 15) is 14.3 Å². The molecule has 2 aromatic carbocycles. The lowest BCUT2D eigenvalue weighted by atomic mass is 10.1. The quantitative estimate of drug-likeness (QED) is 0.617. The summed E-state index contributed by atoms with van der Waals surface area (Å²) in [6.07, 6.45) is 1.69. The third-order valence-electron chi connectivity index (χ3n) is 3.89. The first kappa shape index (κ1) is 15.0. The average Bonchev–Trinajstić information content (AvgIpc) is 3.05. The van der Waals surface area contributed by atoms with E-state index in [2.05, 4.69) is 10.1 Å². The van der Waals surface area contributed by atoms with E-state index in [1.54, 1.807) is 30.5 Å². The Morgan fingerprint density at radius 3 is 2.44 bits per heavy atom. The number of nitrogens with zero attached hydrogens (tertiary/aromatic N) is 3. The Balaban J connectivity index is 1.96. The molecule has 4 aromatic rings. The zero-order valence-electron chi connectivity index (χ0n) is 12.9. The molecule has 0 aliphatic heterocycles. The summed E-state index contributed by atoms with van der Waals surface area (Å²) >= 11 is 0. The van der Waals surface area contributed by atoms with Crippen LogP contribution < -0.4 is 0 Å². The number of aromatic nitrogens is 3. The normalized spacial score (nSPS) is 10.9. The number of carboxylic acids is 1. The molecule has 6 heteroatoms. The Labute approximate surface area is 142 Å². The second kappa shape index (κ2) is 5.83. The molecular weight excluding hydrogens is 321 g/mol. The highest BCUT2D eigenvalue weighted by atomic mass is 19.1. The number of benzene rings is 2. The van der Waals surface area contributed by atoms with Gasteiger partial charge in [0.1, 0.15) is 11.4 Å². The van der Waals surface area contributed by atoms with E-state index in [1.807, 2.05) is 30.3 Å². The second-order valence-electron chi connectivity index (χ2n) is 5.50. The number of fused-ring (bicyclic) bond motifs is 1. The van der Waals surface area contributed by atoms with Gasteiger partial charge in [-0.3, -0.25) is 0 Å². The van der Waals surface area contributed by atoms with Gasteiger partial charge in [0.15, 0.2) is 11.5 Å². The van der Waals surface area contributed by atoms with Crippen molar-refractivity contribution < 1.29 is 14.3 Å². The van der Waals surface area contributed by atoms with E-state index >= 15 is 0 Å². The Morgan fingerprint density at radius 1 is 1.00 bits per heavy atom. The highest BCUT2D eigenvalue weighted by Crippen LogP contribution is 2.25. The summed E-state index contributed by atoms with van der Waals surface area (Å²) in [7, 11) is 0. The van der Waals surface area contributed by atoms with Crippen molar-refractivity contribution in [3.05, 3.63) is 78.2 Å². The minimum atomic E-state index is -1.12. The molecular formula is C19H12FN3O2. The van der Waals surface area contributed by atoms with Crippen LogP contribution in [0.3, 0.4) is 0 Å². The number of aromatic carboxylic acids is 1. The monoisotopic (exact) mass is 333 g/mol. The van der Waals surface area contributed by atoms with E-state index in [0.29, 0.717) is 5.56 Å². The average molecular weight is 333 g/mol. The fourth-order valence-corrected chi connectivity index (χ4v) is 2.69. The van der Waals surface area contributed by atoms with Crippen LogP contribution in [0.25, 0.3) is 28.2 Å². The molecule has 4 rings (SSSR count). The molecule has 0 bridgehead atoms. The smallest absolute Gasteiger partial charge is 0.339 e. The lowest BCUT2D eigenvalue weighted by Crippen LogP contribution is -2.02. The van der Waals surface area contributed by atoms with E-state index in [-0.39, 0.29) is 22.6 Å². The van der Waals surface area contributed by atoms with Gasteiger partial charge in [-0.15, -0.1) is 5.10 Å². The van der Waals surface area contributed by atoms with E-state index in [4.69, 9.17) is 0 Å². The minimum Gasteiger partial charge on any atom is -0.478 e. The van der Waals surface area contributed by atoms with Gasteiger partial charge in [-0.05, 0) is 23.8 Å². The number of hydrogen-bond donors (Lipinski definition) is 1. The molecule has 5 nitrogen and oxygen atoms in total. The van der Waals surface area contributed by atoms with Gasteiger partial charge in [0.2, 0.25) is 0 Å². The molecule has 0 amide bonds. The van der Waals surface area contributed by atoms with Crippen LogP contribution in [-0.2, 0) is 0 Å². The number of carboxylic acid groups (broad SMARTS) is 1. The predicted molar refractivity (Wildman–Crippen MR) is 90.8 cm³/mol. The first-order valence-electron chi connectivity index (χ1n) is 7.57. The molecule has 0 fully saturated rings. The van der Waals surface area contributed by atoms with Gasteiger partial charge < -0.3 is 5.11 Å². The van der Waals surface area contributed by atoms with Crippen LogP contribution in [0.5, 0.6) is 0 Å². The topological polar surface area (TPSA) is 67.5 Å². The summed E-state index contributed by atoms with van der Waals surface area (Å²) in [6, 6.07) is 17.0. The molecule has 0 spiro atoms. The Morgan fingerprint density at radius 2 is 1.72 bits per heavy atom. The van der Waals surface area contributed by atoms with Gasteiger partial charge in [-0.1, -0.05) is 42.5 Å². The zero-order valence-corrected chi connectivity index (χ0v) is 12.9. The molecule has 0 radical (unpaired) electrons.